The molecule has 0 aliphatic carbocycles. The first-order chi connectivity index (χ1) is 7.28. The summed E-state index contributed by atoms with van der Waals surface area (Å²) in [7, 11) is 1.96. The molecule has 1 heterocycles. The van der Waals surface area contributed by atoms with Crippen LogP contribution in [-0.2, 0) is 6.54 Å². The van der Waals surface area contributed by atoms with Gasteiger partial charge in [-0.3, -0.25) is 0 Å². The third-order valence-electron chi connectivity index (χ3n) is 1.86. The molecule has 1 aromatic heterocycles. The van der Waals surface area contributed by atoms with E-state index in [0.717, 1.165) is 11.0 Å². The van der Waals surface area contributed by atoms with Crippen molar-refractivity contribution in [1.29, 1.82) is 0 Å². The standard InChI is InChI=1S/C11H18BrN3S/c1-11(2,3)14-10(13)15(4)6-9-5-8(12)7-16-9/h5,7H,6H2,1-4H3,(H2,13,14). The smallest absolute Gasteiger partial charge is 0.191 e. The third-order valence-corrected chi connectivity index (χ3v) is 3.54. The Hall–Kier alpha value is -0.550. The Morgan fingerprint density at radius 2 is 2.19 bits per heavy atom. The quantitative estimate of drug-likeness (QED) is 0.674. The molecular formula is C11H18BrN3S. The van der Waals surface area contributed by atoms with Crippen LogP contribution in [0.2, 0.25) is 0 Å². The Balaban J connectivity index is 2.65. The SMILES string of the molecule is CN(Cc1cc(Br)cs1)C(N)=NC(C)(C)C. The second-order valence-electron chi connectivity index (χ2n) is 4.73. The Kier molecular flexibility index (Phi) is 4.38. The molecule has 0 radical (unpaired) electrons. The zero-order valence-electron chi connectivity index (χ0n) is 10.1. The minimum absolute atomic E-state index is 0.131. The molecule has 1 rings (SSSR count). The fourth-order valence-corrected chi connectivity index (χ4v) is 2.68. The van der Waals surface area contributed by atoms with Crippen LogP contribution in [0.1, 0.15) is 25.6 Å². The van der Waals surface area contributed by atoms with Gasteiger partial charge in [-0.05, 0) is 42.8 Å². The summed E-state index contributed by atoms with van der Waals surface area (Å²) in [6.45, 7) is 6.90. The van der Waals surface area contributed by atoms with Crippen molar-refractivity contribution < 1.29 is 0 Å². The molecule has 0 atom stereocenters. The molecule has 0 aliphatic heterocycles. The molecule has 0 fully saturated rings. The van der Waals surface area contributed by atoms with E-state index < -0.39 is 0 Å². The highest BCUT2D eigenvalue weighted by molar-refractivity contribution is 9.10. The predicted molar refractivity (Wildman–Crippen MR) is 74.9 cm³/mol. The van der Waals surface area contributed by atoms with Gasteiger partial charge in [0.15, 0.2) is 5.96 Å². The van der Waals surface area contributed by atoms with Gasteiger partial charge >= 0.3 is 0 Å². The summed E-state index contributed by atoms with van der Waals surface area (Å²) >= 11 is 5.15. The van der Waals surface area contributed by atoms with Gasteiger partial charge in [-0.2, -0.15) is 0 Å². The maximum absolute atomic E-state index is 5.93. The maximum Gasteiger partial charge on any atom is 0.191 e. The summed E-state index contributed by atoms with van der Waals surface area (Å²) in [5.41, 5.74) is 5.80. The number of halogens is 1. The molecule has 2 N–H and O–H groups in total. The van der Waals surface area contributed by atoms with Crippen molar-refractivity contribution >= 4 is 33.2 Å². The van der Waals surface area contributed by atoms with Crippen LogP contribution in [0.15, 0.2) is 20.9 Å². The maximum atomic E-state index is 5.93. The van der Waals surface area contributed by atoms with E-state index in [1.165, 1.54) is 4.88 Å². The van der Waals surface area contributed by atoms with Gasteiger partial charge in [0, 0.05) is 21.8 Å². The number of guanidine groups is 1. The molecule has 0 amide bonds. The van der Waals surface area contributed by atoms with Crippen molar-refractivity contribution in [3.63, 3.8) is 0 Å². The summed E-state index contributed by atoms with van der Waals surface area (Å²) in [6.07, 6.45) is 0. The summed E-state index contributed by atoms with van der Waals surface area (Å²) in [5.74, 6) is 0.581. The van der Waals surface area contributed by atoms with Crippen molar-refractivity contribution in [3.8, 4) is 0 Å². The van der Waals surface area contributed by atoms with E-state index in [4.69, 9.17) is 5.73 Å². The molecule has 0 saturated heterocycles. The second kappa shape index (κ2) is 5.19. The number of hydrogen-bond donors (Lipinski definition) is 1. The lowest BCUT2D eigenvalue weighted by Crippen LogP contribution is -2.35. The monoisotopic (exact) mass is 303 g/mol. The van der Waals surface area contributed by atoms with Gasteiger partial charge in [0.25, 0.3) is 0 Å². The van der Waals surface area contributed by atoms with Crippen molar-refractivity contribution in [2.75, 3.05) is 7.05 Å². The van der Waals surface area contributed by atoms with E-state index in [1.54, 1.807) is 11.3 Å². The van der Waals surface area contributed by atoms with Crippen LogP contribution in [0.25, 0.3) is 0 Å². The van der Waals surface area contributed by atoms with Gasteiger partial charge in [0.05, 0.1) is 12.1 Å². The average Bonchev–Trinajstić information content (AvgIpc) is 2.48. The highest BCUT2D eigenvalue weighted by Crippen LogP contribution is 2.20. The normalized spacial score (nSPS) is 12.9. The molecule has 0 saturated carbocycles. The zero-order chi connectivity index (χ0) is 12.3. The number of nitrogens with zero attached hydrogens (tertiary/aromatic N) is 2. The van der Waals surface area contributed by atoms with Crippen molar-refractivity contribution in [2.45, 2.75) is 32.9 Å². The summed E-state index contributed by atoms with van der Waals surface area (Å²) in [4.78, 5) is 7.65. The highest BCUT2D eigenvalue weighted by atomic mass is 79.9. The van der Waals surface area contributed by atoms with Crippen LogP contribution in [0.4, 0.5) is 0 Å². The Labute approximate surface area is 109 Å². The lowest BCUT2D eigenvalue weighted by Gasteiger charge is -2.21. The molecule has 1 aromatic rings. The molecular weight excluding hydrogens is 286 g/mol. The van der Waals surface area contributed by atoms with Gasteiger partial charge < -0.3 is 10.6 Å². The lowest BCUT2D eigenvalue weighted by molar-refractivity contribution is 0.478. The van der Waals surface area contributed by atoms with Gasteiger partial charge in [0.1, 0.15) is 0 Å². The van der Waals surface area contributed by atoms with E-state index in [1.807, 2.05) is 32.7 Å². The van der Waals surface area contributed by atoms with E-state index in [0.29, 0.717) is 5.96 Å². The van der Waals surface area contributed by atoms with E-state index >= 15 is 0 Å². The molecule has 5 heteroatoms. The number of rotatable bonds is 2. The summed E-state index contributed by atoms with van der Waals surface area (Å²) in [5, 5.41) is 2.07. The first-order valence-electron chi connectivity index (χ1n) is 5.07. The zero-order valence-corrected chi connectivity index (χ0v) is 12.5. The first kappa shape index (κ1) is 13.5. The number of nitrogens with two attached hydrogens (primary N) is 1. The Morgan fingerprint density at radius 1 is 1.56 bits per heavy atom. The molecule has 3 nitrogen and oxygen atoms in total. The second-order valence-corrected chi connectivity index (χ2v) is 6.64. The van der Waals surface area contributed by atoms with Crippen LogP contribution < -0.4 is 5.73 Å². The van der Waals surface area contributed by atoms with Gasteiger partial charge in [-0.25, -0.2) is 4.99 Å². The van der Waals surface area contributed by atoms with Crippen LogP contribution in [0.5, 0.6) is 0 Å². The van der Waals surface area contributed by atoms with E-state index in [-0.39, 0.29) is 5.54 Å². The third kappa shape index (κ3) is 4.53. The van der Waals surface area contributed by atoms with Crippen molar-refractivity contribution in [3.05, 3.63) is 20.8 Å². The van der Waals surface area contributed by atoms with E-state index in [9.17, 15) is 0 Å². The largest absolute Gasteiger partial charge is 0.370 e. The summed E-state index contributed by atoms with van der Waals surface area (Å²) in [6, 6.07) is 2.10. The van der Waals surface area contributed by atoms with Crippen LogP contribution in [0.3, 0.4) is 0 Å². The molecule has 90 valence electrons. The molecule has 0 aliphatic rings. The fraction of sp³-hybridized carbons (Fsp3) is 0.545. The molecule has 16 heavy (non-hydrogen) atoms. The van der Waals surface area contributed by atoms with E-state index in [2.05, 4.69) is 32.4 Å². The Bertz CT molecular complexity index is 379. The van der Waals surface area contributed by atoms with Crippen LogP contribution in [0, 0.1) is 0 Å². The van der Waals surface area contributed by atoms with Gasteiger partial charge in [-0.15, -0.1) is 11.3 Å². The average molecular weight is 304 g/mol. The van der Waals surface area contributed by atoms with Crippen molar-refractivity contribution in [2.24, 2.45) is 10.7 Å². The molecule has 0 bridgehead atoms. The predicted octanol–water partition coefficient (Wildman–Crippen LogP) is 3.06. The molecule has 0 aromatic carbocycles. The van der Waals surface area contributed by atoms with Gasteiger partial charge in [-0.1, -0.05) is 0 Å². The van der Waals surface area contributed by atoms with Gasteiger partial charge in [0.2, 0.25) is 0 Å². The number of thiophene rings is 1. The first-order valence-corrected chi connectivity index (χ1v) is 6.74. The van der Waals surface area contributed by atoms with Crippen LogP contribution >= 0.6 is 27.3 Å². The molecule has 0 unspecified atom stereocenters. The van der Waals surface area contributed by atoms with Crippen molar-refractivity contribution in [1.82, 2.24) is 4.90 Å². The van der Waals surface area contributed by atoms with Crippen LogP contribution in [-0.4, -0.2) is 23.4 Å². The Morgan fingerprint density at radius 3 is 2.62 bits per heavy atom. The molecule has 0 spiro atoms. The summed E-state index contributed by atoms with van der Waals surface area (Å²) < 4.78 is 1.12. The topological polar surface area (TPSA) is 41.6 Å². The minimum Gasteiger partial charge on any atom is -0.370 e. The number of hydrogen-bond acceptors (Lipinski definition) is 2. The minimum atomic E-state index is -0.131. The highest BCUT2D eigenvalue weighted by Gasteiger charge is 2.11. The lowest BCUT2D eigenvalue weighted by atomic mass is 10.1. The fourth-order valence-electron chi connectivity index (χ4n) is 1.18. The number of aliphatic imine (C=N–C) groups is 1.